The van der Waals surface area contributed by atoms with E-state index in [1.165, 1.54) is 12.3 Å². The number of anilines is 1. The Labute approximate surface area is 128 Å². The zero-order valence-corrected chi connectivity index (χ0v) is 13.0. The summed E-state index contributed by atoms with van der Waals surface area (Å²) in [5.74, 6) is -0.164. The van der Waals surface area contributed by atoms with E-state index in [9.17, 15) is 12.8 Å². The maximum atomic E-state index is 13.8. The van der Waals surface area contributed by atoms with Gasteiger partial charge in [-0.2, -0.15) is 0 Å². The third-order valence-corrected chi connectivity index (χ3v) is 6.09. The van der Waals surface area contributed by atoms with E-state index in [4.69, 9.17) is 11.6 Å². The van der Waals surface area contributed by atoms with Crippen LogP contribution in [0.1, 0.15) is 25.7 Å². The molecule has 2 heterocycles. The number of aromatic nitrogens is 1. The molecule has 0 unspecified atom stereocenters. The van der Waals surface area contributed by atoms with Crippen LogP contribution in [0.3, 0.4) is 0 Å². The van der Waals surface area contributed by atoms with Gasteiger partial charge in [0.15, 0.2) is 11.6 Å². The Kier molecular flexibility index (Phi) is 4.07. The molecule has 0 aromatic carbocycles. The predicted octanol–water partition coefficient (Wildman–Crippen LogP) is 1.92. The van der Waals surface area contributed by atoms with Gasteiger partial charge in [-0.25, -0.2) is 22.5 Å². The number of sulfonamides is 1. The van der Waals surface area contributed by atoms with Crippen LogP contribution in [0.5, 0.6) is 0 Å². The van der Waals surface area contributed by atoms with Crippen LogP contribution in [0.4, 0.5) is 10.2 Å². The van der Waals surface area contributed by atoms with Gasteiger partial charge in [0.25, 0.3) is 0 Å². The summed E-state index contributed by atoms with van der Waals surface area (Å²) in [5.41, 5.74) is 0. The molecule has 0 spiro atoms. The van der Waals surface area contributed by atoms with E-state index in [1.807, 2.05) is 4.90 Å². The number of pyridine rings is 1. The van der Waals surface area contributed by atoms with Gasteiger partial charge in [-0.3, -0.25) is 0 Å². The average molecular weight is 334 g/mol. The molecular formula is C13H17ClFN3O2S. The lowest BCUT2D eigenvalue weighted by atomic mass is 10.1. The van der Waals surface area contributed by atoms with Crippen LogP contribution in [0.2, 0.25) is 5.02 Å². The van der Waals surface area contributed by atoms with Crippen LogP contribution in [0.25, 0.3) is 0 Å². The summed E-state index contributed by atoms with van der Waals surface area (Å²) in [6.07, 6.45) is 4.23. The fourth-order valence-electron chi connectivity index (χ4n) is 2.56. The molecule has 3 rings (SSSR count). The Hall–Kier alpha value is -0.920. The Morgan fingerprint density at radius 3 is 2.52 bits per heavy atom. The topological polar surface area (TPSA) is 62.3 Å². The number of halogens is 2. The van der Waals surface area contributed by atoms with Gasteiger partial charge in [0, 0.05) is 25.3 Å². The highest BCUT2D eigenvalue weighted by molar-refractivity contribution is 7.90. The van der Waals surface area contributed by atoms with Crippen molar-refractivity contribution >= 4 is 27.4 Å². The summed E-state index contributed by atoms with van der Waals surface area (Å²) in [5, 5.41) is 0.0641. The normalized spacial score (nSPS) is 20.8. The Morgan fingerprint density at radius 1 is 1.29 bits per heavy atom. The highest BCUT2D eigenvalue weighted by Gasteiger charge is 2.37. The molecule has 1 aromatic heterocycles. The molecule has 1 saturated carbocycles. The van der Waals surface area contributed by atoms with E-state index in [2.05, 4.69) is 9.71 Å². The van der Waals surface area contributed by atoms with Crippen molar-refractivity contribution in [3.8, 4) is 0 Å². The molecule has 116 valence electrons. The highest BCUT2D eigenvalue weighted by atomic mass is 35.5. The highest BCUT2D eigenvalue weighted by Crippen LogP contribution is 2.29. The molecule has 1 aromatic rings. The lowest BCUT2D eigenvalue weighted by molar-refractivity contribution is 0.453. The van der Waals surface area contributed by atoms with Gasteiger partial charge in [0.1, 0.15) is 0 Å². The van der Waals surface area contributed by atoms with Gasteiger partial charge in [-0.1, -0.05) is 11.6 Å². The predicted molar refractivity (Wildman–Crippen MR) is 79.5 cm³/mol. The summed E-state index contributed by atoms with van der Waals surface area (Å²) in [4.78, 5) is 5.85. The van der Waals surface area contributed by atoms with Crippen molar-refractivity contribution in [2.75, 3.05) is 18.0 Å². The standard InChI is InChI=1S/C13H17ClFN3O2S/c14-9-7-12(15)13(16-8-9)18-5-3-10(4-6-18)17-21(19,20)11-1-2-11/h7-8,10-11,17H,1-6H2. The maximum Gasteiger partial charge on any atom is 0.214 e. The average Bonchev–Trinajstić information content (AvgIpc) is 3.24. The van der Waals surface area contributed by atoms with Gasteiger partial charge in [-0.15, -0.1) is 0 Å². The summed E-state index contributed by atoms with van der Waals surface area (Å²) < 4.78 is 40.4. The van der Waals surface area contributed by atoms with Gasteiger partial charge >= 0.3 is 0 Å². The van der Waals surface area contributed by atoms with Crippen molar-refractivity contribution in [3.05, 3.63) is 23.1 Å². The maximum absolute atomic E-state index is 13.8. The van der Waals surface area contributed by atoms with Gasteiger partial charge in [-0.05, 0) is 31.7 Å². The third-order valence-electron chi connectivity index (χ3n) is 3.88. The van der Waals surface area contributed by atoms with Crippen LogP contribution in [0.15, 0.2) is 12.3 Å². The van der Waals surface area contributed by atoms with Gasteiger partial charge < -0.3 is 4.90 Å². The molecule has 2 aliphatic rings. The van der Waals surface area contributed by atoms with Crippen molar-refractivity contribution in [2.24, 2.45) is 0 Å². The molecular weight excluding hydrogens is 317 g/mol. The number of hydrogen-bond acceptors (Lipinski definition) is 4. The SMILES string of the molecule is O=S(=O)(NC1CCN(c2ncc(Cl)cc2F)CC1)C1CC1. The van der Waals surface area contributed by atoms with Crippen molar-refractivity contribution < 1.29 is 12.8 Å². The molecule has 1 N–H and O–H groups in total. The first kappa shape index (κ1) is 15.0. The Morgan fingerprint density at radius 2 is 1.95 bits per heavy atom. The lowest BCUT2D eigenvalue weighted by Crippen LogP contribution is -2.46. The van der Waals surface area contributed by atoms with E-state index in [0.717, 1.165) is 12.8 Å². The van der Waals surface area contributed by atoms with Gasteiger partial charge in [0.05, 0.1) is 10.3 Å². The van der Waals surface area contributed by atoms with Crippen molar-refractivity contribution in [2.45, 2.75) is 37.0 Å². The summed E-state index contributed by atoms with van der Waals surface area (Å²) in [6, 6.07) is 1.17. The smallest absolute Gasteiger partial charge is 0.214 e. The molecule has 2 fully saturated rings. The number of rotatable bonds is 4. The Bertz CT molecular complexity index is 628. The minimum absolute atomic E-state index is 0.0674. The minimum atomic E-state index is -3.16. The van der Waals surface area contributed by atoms with Crippen molar-refractivity contribution in [1.82, 2.24) is 9.71 Å². The number of nitrogens with zero attached hydrogens (tertiary/aromatic N) is 2. The minimum Gasteiger partial charge on any atom is -0.354 e. The van der Waals surface area contributed by atoms with E-state index < -0.39 is 15.8 Å². The first-order valence-electron chi connectivity index (χ1n) is 7.03. The molecule has 5 nitrogen and oxygen atoms in total. The van der Waals surface area contributed by atoms with E-state index in [0.29, 0.717) is 25.9 Å². The quantitative estimate of drug-likeness (QED) is 0.914. The first-order chi connectivity index (χ1) is 9.95. The summed E-state index contributed by atoms with van der Waals surface area (Å²) in [7, 11) is -3.16. The van der Waals surface area contributed by atoms with E-state index in [-0.39, 0.29) is 22.1 Å². The zero-order valence-electron chi connectivity index (χ0n) is 11.4. The lowest BCUT2D eigenvalue weighted by Gasteiger charge is -2.33. The van der Waals surface area contributed by atoms with Crippen LogP contribution in [-0.4, -0.2) is 37.8 Å². The van der Waals surface area contributed by atoms with Crippen LogP contribution in [0, 0.1) is 5.82 Å². The molecule has 8 heteroatoms. The van der Waals surface area contributed by atoms with Gasteiger partial charge in [0.2, 0.25) is 10.0 Å². The summed E-state index contributed by atoms with van der Waals surface area (Å²) >= 11 is 5.69. The largest absolute Gasteiger partial charge is 0.354 e. The number of piperidine rings is 1. The van der Waals surface area contributed by atoms with Crippen molar-refractivity contribution in [1.29, 1.82) is 0 Å². The van der Waals surface area contributed by atoms with Crippen LogP contribution >= 0.6 is 11.6 Å². The molecule has 1 saturated heterocycles. The molecule has 21 heavy (non-hydrogen) atoms. The van der Waals surface area contributed by atoms with Crippen molar-refractivity contribution in [3.63, 3.8) is 0 Å². The molecule has 0 radical (unpaired) electrons. The fraction of sp³-hybridized carbons (Fsp3) is 0.615. The van der Waals surface area contributed by atoms with Crippen LogP contribution < -0.4 is 9.62 Å². The number of nitrogens with one attached hydrogen (secondary N) is 1. The molecule has 1 aliphatic heterocycles. The molecule has 0 amide bonds. The second-order valence-corrected chi connectivity index (χ2v) is 8.01. The first-order valence-corrected chi connectivity index (χ1v) is 8.95. The second-order valence-electron chi connectivity index (χ2n) is 5.58. The van der Waals surface area contributed by atoms with E-state index >= 15 is 0 Å². The molecule has 0 bridgehead atoms. The van der Waals surface area contributed by atoms with E-state index in [1.54, 1.807) is 0 Å². The third kappa shape index (κ3) is 3.46. The monoisotopic (exact) mass is 333 g/mol. The molecule has 1 aliphatic carbocycles. The molecule has 0 atom stereocenters. The zero-order chi connectivity index (χ0) is 15.0. The van der Waals surface area contributed by atoms with Crippen LogP contribution in [-0.2, 0) is 10.0 Å². The number of hydrogen-bond donors (Lipinski definition) is 1. The second kappa shape index (κ2) is 5.70. The Balaban J connectivity index is 1.60. The summed E-state index contributed by atoms with van der Waals surface area (Å²) in [6.45, 7) is 1.15. The fourth-order valence-corrected chi connectivity index (χ4v) is 4.35.